The van der Waals surface area contributed by atoms with Gasteiger partial charge in [0, 0.05) is 16.6 Å². The number of aromatic amines is 1. The molecule has 8 heteroatoms. The summed E-state index contributed by atoms with van der Waals surface area (Å²) in [5.74, 6) is 1.01. The van der Waals surface area contributed by atoms with Crippen molar-refractivity contribution in [2.45, 2.75) is 6.92 Å². The Labute approximate surface area is 142 Å². The summed E-state index contributed by atoms with van der Waals surface area (Å²) in [6, 6.07) is 7.20. The number of amides is 1. The average molecular weight is 344 g/mol. The third-order valence-corrected chi connectivity index (χ3v) is 4.31. The van der Waals surface area contributed by atoms with Gasteiger partial charge in [0.25, 0.3) is 5.91 Å². The second-order valence-electron chi connectivity index (χ2n) is 4.92. The van der Waals surface area contributed by atoms with Gasteiger partial charge in [-0.3, -0.25) is 15.2 Å². The molecule has 124 valence electrons. The van der Waals surface area contributed by atoms with Crippen molar-refractivity contribution in [2.75, 3.05) is 19.5 Å². The van der Waals surface area contributed by atoms with E-state index in [1.54, 1.807) is 20.3 Å². The fraction of sp³-hybridized carbons (Fsp3) is 0.188. The van der Waals surface area contributed by atoms with Gasteiger partial charge in [-0.2, -0.15) is 5.10 Å². The van der Waals surface area contributed by atoms with Gasteiger partial charge >= 0.3 is 0 Å². The fourth-order valence-corrected chi connectivity index (χ4v) is 3.08. The lowest BCUT2D eigenvalue weighted by Gasteiger charge is -2.08. The summed E-state index contributed by atoms with van der Waals surface area (Å²) in [6.45, 7) is 1.95. The van der Waals surface area contributed by atoms with Gasteiger partial charge in [-0.05, 0) is 31.2 Å². The molecule has 0 unspecified atom stereocenters. The summed E-state index contributed by atoms with van der Waals surface area (Å²) in [6.07, 6.45) is 1.52. The topological polar surface area (TPSA) is 89.1 Å². The molecule has 3 rings (SSSR count). The standard InChI is InChI=1S/C16H16N4O3S/c1-9-14(10-4-5-12(22-2)13(8-10)23-3)18-16(24-9)19-15(21)11-6-7-17-20-11/h4-8H,1-3H3,(H,17,20)(H,18,19,21). The summed E-state index contributed by atoms with van der Waals surface area (Å²) in [7, 11) is 3.18. The molecule has 0 saturated carbocycles. The van der Waals surface area contributed by atoms with Gasteiger partial charge < -0.3 is 9.47 Å². The number of carbonyl (C=O) groups is 1. The van der Waals surface area contributed by atoms with Crippen LogP contribution in [0.2, 0.25) is 0 Å². The summed E-state index contributed by atoms with van der Waals surface area (Å²) in [4.78, 5) is 17.6. The molecule has 24 heavy (non-hydrogen) atoms. The summed E-state index contributed by atoms with van der Waals surface area (Å²) >= 11 is 1.41. The summed E-state index contributed by atoms with van der Waals surface area (Å²) < 4.78 is 10.6. The Hall–Kier alpha value is -2.87. The molecule has 2 heterocycles. The maximum atomic E-state index is 12.1. The molecule has 0 fully saturated rings. The Bertz CT molecular complexity index is 858. The molecule has 3 aromatic rings. The van der Waals surface area contributed by atoms with Crippen molar-refractivity contribution in [3.8, 4) is 22.8 Å². The number of aromatic nitrogens is 3. The van der Waals surface area contributed by atoms with Crippen molar-refractivity contribution in [3.05, 3.63) is 41.0 Å². The maximum Gasteiger partial charge on any atom is 0.275 e. The van der Waals surface area contributed by atoms with Crippen molar-refractivity contribution >= 4 is 22.4 Å². The molecule has 0 bridgehead atoms. The Morgan fingerprint density at radius 3 is 2.67 bits per heavy atom. The minimum Gasteiger partial charge on any atom is -0.493 e. The van der Waals surface area contributed by atoms with Crippen LogP contribution in [0, 0.1) is 6.92 Å². The number of carbonyl (C=O) groups excluding carboxylic acids is 1. The molecule has 1 amide bonds. The Kier molecular flexibility index (Phi) is 4.48. The number of H-pyrrole nitrogens is 1. The molecule has 0 aliphatic rings. The van der Waals surface area contributed by atoms with Crippen LogP contribution in [0.1, 0.15) is 15.4 Å². The molecule has 0 radical (unpaired) electrons. The molecule has 0 atom stereocenters. The second-order valence-corrected chi connectivity index (χ2v) is 6.12. The van der Waals surface area contributed by atoms with Crippen molar-refractivity contribution < 1.29 is 14.3 Å². The van der Waals surface area contributed by atoms with E-state index in [-0.39, 0.29) is 5.91 Å². The van der Waals surface area contributed by atoms with Crippen LogP contribution in [-0.4, -0.2) is 35.3 Å². The van der Waals surface area contributed by atoms with Crippen LogP contribution in [0.25, 0.3) is 11.3 Å². The van der Waals surface area contributed by atoms with Crippen LogP contribution < -0.4 is 14.8 Å². The number of benzene rings is 1. The zero-order chi connectivity index (χ0) is 17.1. The van der Waals surface area contributed by atoms with E-state index in [0.717, 1.165) is 16.1 Å². The van der Waals surface area contributed by atoms with Gasteiger partial charge in [-0.1, -0.05) is 0 Å². The number of thiazole rings is 1. The lowest BCUT2D eigenvalue weighted by Crippen LogP contribution is -2.12. The molecule has 2 aromatic heterocycles. The lowest BCUT2D eigenvalue weighted by atomic mass is 10.1. The van der Waals surface area contributed by atoms with E-state index in [2.05, 4.69) is 20.5 Å². The van der Waals surface area contributed by atoms with Crippen molar-refractivity contribution in [3.63, 3.8) is 0 Å². The van der Waals surface area contributed by atoms with Crippen LogP contribution in [0.15, 0.2) is 30.5 Å². The molecular formula is C16H16N4O3S. The largest absolute Gasteiger partial charge is 0.493 e. The molecule has 1 aromatic carbocycles. The Morgan fingerprint density at radius 2 is 2.00 bits per heavy atom. The van der Waals surface area contributed by atoms with Crippen molar-refractivity contribution in [1.82, 2.24) is 15.2 Å². The number of hydrogen-bond donors (Lipinski definition) is 2. The van der Waals surface area contributed by atoms with Crippen LogP contribution in [0.4, 0.5) is 5.13 Å². The molecule has 0 spiro atoms. The SMILES string of the molecule is COc1ccc(-c2nc(NC(=O)c3ccn[nH]3)sc2C)cc1OC. The highest BCUT2D eigenvalue weighted by Crippen LogP contribution is 2.36. The molecule has 0 aliphatic heterocycles. The fourth-order valence-electron chi connectivity index (χ4n) is 2.25. The summed E-state index contributed by atoms with van der Waals surface area (Å²) in [5.41, 5.74) is 2.07. The molecule has 0 saturated heterocycles. The molecule has 2 N–H and O–H groups in total. The normalized spacial score (nSPS) is 10.5. The smallest absolute Gasteiger partial charge is 0.275 e. The van der Waals surface area contributed by atoms with Gasteiger partial charge in [0.2, 0.25) is 0 Å². The molecule has 7 nitrogen and oxygen atoms in total. The first kappa shape index (κ1) is 16.0. The first-order chi connectivity index (χ1) is 11.6. The predicted molar refractivity (Wildman–Crippen MR) is 91.9 cm³/mol. The van der Waals surface area contributed by atoms with E-state index in [1.807, 2.05) is 25.1 Å². The second kappa shape index (κ2) is 6.71. The Morgan fingerprint density at radius 1 is 1.21 bits per heavy atom. The summed E-state index contributed by atoms with van der Waals surface area (Å²) in [5, 5.41) is 9.68. The molecular weight excluding hydrogens is 328 g/mol. The lowest BCUT2D eigenvalue weighted by molar-refractivity contribution is 0.102. The zero-order valence-electron chi connectivity index (χ0n) is 13.4. The molecule has 0 aliphatic carbocycles. The van der Waals surface area contributed by atoms with E-state index < -0.39 is 0 Å². The Balaban J connectivity index is 1.88. The number of hydrogen-bond acceptors (Lipinski definition) is 6. The van der Waals surface area contributed by atoms with Crippen LogP contribution in [0.5, 0.6) is 11.5 Å². The van der Waals surface area contributed by atoms with Gasteiger partial charge in [0.05, 0.1) is 19.9 Å². The van der Waals surface area contributed by atoms with Crippen molar-refractivity contribution in [1.29, 1.82) is 0 Å². The average Bonchev–Trinajstić information content (AvgIpc) is 3.24. The van der Waals surface area contributed by atoms with E-state index in [4.69, 9.17) is 9.47 Å². The number of anilines is 1. The van der Waals surface area contributed by atoms with E-state index in [9.17, 15) is 4.79 Å². The highest BCUT2D eigenvalue weighted by molar-refractivity contribution is 7.16. The van der Waals surface area contributed by atoms with Crippen LogP contribution in [-0.2, 0) is 0 Å². The van der Waals surface area contributed by atoms with E-state index in [1.165, 1.54) is 17.5 Å². The number of nitrogens with one attached hydrogen (secondary N) is 2. The van der Waals surface area contributed by atoms with E-state index in [0.29, 0.717) is 22.3 Å². The first-order valence-electron chi connectivity index (χ1n) is 7.13. The quantitative estimate of drug-likeness (QED) is 0.742. The number of ether oxygens (including phenoxy) is 2. The number of methoxy groups -OCH3 is 2. The third kappa shape index (κ3) is 3.09. The minimum absolute atomic E-state index is 0.278. The first-order valence-corrected chi connectivity index (χ1v) is 7.94. The van der Waals surface area contributed by atoms with Gasteiger partial charge in [-0.15, -0.1) is 11.3 Å². The number of rotatable bonds is 5. The van der Waals surface area contributed by atoms with Crippen LogP contribution in [0.3, 0.4) is 0 Å². The zero-order valence-corrected chi connectivity index (χ0v) is 14.2. The number of aryl methyl sites for hydroxylation is 1. The highest BCUT2D eigenvalue weighted by atomic mass is 32.1. The third-order valence-electron chi connectivity index (χ3n) is 3.42. The van der Waals surface area contributed by atoms with Gasteiger partial charge in [-0.25, -0.2) is 4.98 Å². The monoisotopic (exact) mass is 344 g/mol. The number of nitrogens with zero attached hydrogens (tertiary/aromatic N) is 2. The maximum absolute atomic E-state index is 12.1. The van der Waals surface area contributed by atoms with Gasteiger partial charge in [0.15, 0.2) is 16.6 Å². The highest BCUT2D eigenvalue weighted by Gasteiger charge is 2.15. The van der Waals surface area contributed by atoms with Gasteiger partial charge in [0.1, 0.15) is 5.69 Å². The van der Waals surface area contributed by atoms with Crippen LogP contribution >= 0.6 is 11.3 Å². The minimum atomic E-state index is -0.278. The van der Waals surface area contributed by atoms with E-state index >= 15 is 0 Å². The van der Waals surface area contributed by atoms with Crippen molar-refractivity contribution in [2.24, 2.45) is 0 Å². The predicted octanol–water partition coefficient (Wildman–Crippen LogP) is 3.11.